The number of rotatable bonds is 6. The van der Waals surface area contributed by atoms with Crippen molar-refractivity contribution in [2.45, 2.75) is 37.6 Å². The molecule has 0 fully saturated rings. The van der Waals surface area contributed by atoms with Gasteiger partial charge < -0.3 is 0 Å². The second-order valence-electron chi connectivity index (χ2n) is 6.43. The maximum atomic E-state index is 6.25. The van der Waals surface area contributed by atoms with Crippen LogP contribution in [0.5, 0.6) is 0 Å². The van der Waals surface area contributed by atoms with Gasteiger partial charge in [-0.15, -0.1) is 10.2 Å². The molecule has 0 spiro atoms. The van der Waals surface area contributed by atoms with Crippen molar-refractivity contribution < 1.29 is 0 Å². The highest BCUT2D eigenvalue weighted by molar-refractivity contribution is 7.98. The van der Waals surface area contributed by atoms with E-state index in [-0.39, 0.29) is 0 Å². The minimum Gasteiger partial charge on any atom is -0.192 e. The van der Waals surface area contributed by atoms with Crippen molar-refractivity contribution in [2.24, 2.45) is 5.10 Å². The molecule has 4 nitrogen and oxygen atoms in total. The lowest BCUT2D eigenvalue weighted by Gasteiger charge is -2.06. The van der Waals surface area contributed by atoms with E-state index in [0.717, 1.165) is 17.0 Å². The molecule has 3 rings (SSSR count). The van der Waals surface area contributed by atoms with Crippen molar-refractivity contribution in [1.82, 2.24) is 14.9 Å². The maximum absolute atomic E-state index is 6.25. The quantitative estimate of drug-likeness (QED) is 0.353. The largest absolute Gasteiger partial charge is 0.212 e. The highest BCUT2D eigenvalue weighted by atomic mass is 35.5. The predicted molar refractivity (Wildman–Crippen MR) is 114 cm³/mol. The van der Waals surface area contributed by atoms with Crippen LogP contribution in [0.3, 0.4) is 0 Å². The summed E-state index contributed by atoms with van der Waals surface area (Å²) in [5, 5.41) is 14.9. The van der Waals surface area contributed by atoms with Crippen LogP contribution in [0.2, 0.25) is 10.0 Å². The average molecular weight is 419 g/mol. The molecular formula is C20H20Cl2N4S. The molecule has 140 valence electrons. The van der Waals surface area contributed by atoms with Gasteiger partial charge in [-0.3, -0.25) is 0 Å². The molecule has 0 amide bonds. The zero-order valence-electron chi connectivity index (χ0n) is 15.4. The normalized spacial score (nSPS) is 11.6. The number of aromatic nitrogens is 3. The molecule has 0 bridgehead atoms. The Hall–Kier alpha value is -1.82. The van der Waals surface area contributed by atoms with E-state index in [0.29, 0.717) is 26.9 Å². The van der Waals surface area contributed by atoms with Crippen molar-refractivity contribution in [3.63, 3.8) is 0 Å². The van der Waals surface area contributed by atoms with Gasteiger partial charge >= 0.3 is 0 Å². The van der Waals surface area contributed by atoms with Gasteiger partial charge in [-0.2, -0.15) is 9.78 Å². The number of aryl methyl sites for hydroxylation is 1. The first kappa shape index (κ1) is 19.9. The second kappa shape index (κ2) is 8.91. The van der Waals surface area contributed by atoms with Gasteiger partial charge in [0.15, 0.2) is 5.82 Å². The first-order chi connectivity index (χ1) is 12.9. The summed E-state index contributed by atoms with van der Waals surface area (Å²) >= 11 is 13.7. The van der Waals surface area contributed by atoms with Crippen molar-refractivity contribution in [3.05, 3.63) is 75.0 Å². The van der Waals surface area contributed by atoms with E-state index in [4.69, 9.17) is 23.2 Å². The smallest absolute Gasteiger partial charge is 0.192 e. The number of halogens is 2. The first-order valence-corrected chi connectivity index (χ1v) is 10.3. The zero-order chi connectivity index (χ0) is 19.4. The van der Waals surface area contributed by atoms with Gasteiger partial charge in [-0.1, -0.05) is 79.1 Å². The van der Waals surface area contributed by atoms with Gasteiger partial charge in [-0.25, -0.2) is 0 Å². The SMILES string of the molecule is Cc1nnc(SCc2ccc(Cl)cc2Cl)n1/N=C\c1ccc(C(C)C)cc1. The van der Waals surface area contributed by atoms with E-state index in [1.165, 1.54) is 17.3 Å². The van der Waals surface area contributed by atoms with E-state index < -0.39 is 0 Å². The van der Waals surface area contributed by atoms with Crippen LogP contribution in [0.4, 0.5) is 0 Å². The van der Waals surface area contributed by atoms with Gasteiger partial charge in [0, 0.05) is 15.8 Å². The Morgan fingerprint density at radius 2 is 1.85 bits per heavy atom. The van der Waals surface area contributed by atoms with Crippen molar-refractivity contribution >= 4 is 41.2 Å². The predicted octanol–water partition coefficient (Wildman–Crippen LogP) is 6.19. The summed E-state index contributed by atoms with van der Waals surface area (Å²) in [6.45, 7) is 6.24. The van der Waals surface area contributed by atoms with E-state index >= 15 is 0 Å². The fourth-order valence-corrected chi connectivity index (χ4v) is 3.92. The first-order valence-electron chi connectivity index (χ1n) is 8.57. The standard InChI is InChI=1S/C20H20Cl2N4S/c1-13(2)16-6-4-15(5-7-16)11-23-26-14(3)24-25-20(26)27-12-17-8-9-18(21)10-19(17)22/h4-11,13H,12H2,1-3H3/b23-11-. The van der Waals surface area contributed by atoms with E-state index in [1.807, 2.05) is 25.3 Å². The lowest BCUT2D eigenvalue weighted by Crippen LogP contribution is -1.97. The minimum atomic E-state index is 0.513. The molecule has 0 N–H and O–H groups in total. The molecule has 27 heavy (non-hydrogen) atoms. The molecule has 0 aliphatic rings. The van der Waals surface area contributed by atoms with Gasteiger partial charge in [0.25, 0.3) is 0 Å². The maximum Gasteiger partial charge on any atom is 0.212 e. The van der Waals surface area contributed by atoms with Gasteiger partial charge in [0.2, 0.25) is 5.16 Å². The van der Waals surface area contributed by atoms with E-state index in [9.17, 15) is 0 Å². The summed E-state index contributed by atoms with van der Waals surface area (Å²) in [5.74, 6) is 1.90. The fraction of sp³-hybridized carbons (Fsp3) is 0.250. The minimum absolute atomic E-state index is 0.513. The Balaban J connectivity index is 1.74. The third kappa shape index (κ3) is 5.12. The third-order valence-electron chi connectivity index (χ3n) is 4.07. The molecule has 0 unspecified atom stereocenters. The van der Waals surface area contributed by atoms with Crippen LogP contribution in [0.25, 0.3) is 0 Å². The topological polar surface area (TPSA) is 43.1 Å². The molecule has 7 heteroatoms. The van der Waals surface area contributed by atoms with E-state index in [2.05, 4.69) is 53.4 Å². The Labute approximate surface area is 173 Å². The Bertz CT molecular complexity index is 949. The van der Waals surface area contributed by atoms with Crippen molar-refractivity contribution in [2.75, 3.05) is 0 Å². The highest BCUT2D eigenvalue weighted by Gasteiger charge is 2.10. The summed E-state index contributed by atoms with van der Waals surface area (Å²) < 4.78 is 1.74. The molecular weight excluding hydrogens is 399 g/mol. The van der Waals surface area contributed by atoms with Crippen LogP contribution in [0.15, 0.2) is 52.7 Å². The molecule has 2 aromatic carbocycles. The lowest BCUT2D eigenvalue weighted by atomic mass is 10.0. The van der Waals surface area contributed by atoms with Crippen LogP contribution < -0.4 is 0 Å². The monoisotopic (exact) mass is 418 g/mol. The highest BCUT2D eigenvalue weighted by Crippen LogP contribution is 2.28. The summed E-state index contributed by atoms with van der Waals surface area (Å²) in [6, 6.07) is 13.9. The summed E-state index contributed by atoms with van der Waals surface area (Å²) in [7, 11) is 0. The van der Waals surface area contributed by atoms with Crippen LogP contribution in [-0.2, 0) is 5.75 Å². The van der Waals surface area contributed by atoms with Crippen LogP contribution in [-0.4, -0.2) is 21.1 Å². The third-order valence-corrected chi connectivity index (χ3v) is 5.62. The summed E-state index contributed by atoms with van der Waals surface area (Å²) in [6.07, 6.45) is 1.82. The Morgan fingerprint density at radius 1 is 1.11 bits per heavy atom. The number of thioether (sulfide) groups is 1. The number of hydrogen-bond acceptors (Lipinski definition) is 4. The van der Waals surface area contributed by atoms with Crippen molar-refractivity contribution in [3.8, 4) is 0 Å². The molecule has 0 aliphatic heterocycles. The summed E-state index contributed by atoms with van der Waals surface area (Å²) in [4.78, 5) is 0. The molecule has 3 aromatic rings. The number of benzene rings is 2. The average Bonchev–Trinajstić information content (AvgIpc) is 2.99. The molecule has 0 saturated heterocycles. The molecule has 0 radical (unpaired) electrons. The molecule has 0 atom stereocenters. The van der Waals surface area contributed by atoms with Gasteiger partial charge in [0.1, 0.15) is 0 Å². The van der Waals surface area contributed by atoms with Gasteiger partial charge in [0.05, 0.1) is 6.21 Å². The van der Waals surface area contributed by atoms with Crippen molar-refractivity contribution in [1.29, 1.82) is 0 Å². The van der Waals surface area contributed by atoms with Crippen LogP contribution in [0, 0.1) is 6.92 Å². The zero-order valence-corrected chi connectivity index (χ0v) is 17.7. The molecule has 1 aromatic heterocycles. The molecule has 0 aliphatic carbocycles. The molecule has 0 saturated carbocycles. The Kier molecular flexibility index (Phi) is 6.58. The second-order valence-corrected chi connectivity index (χ2v) is 8.22. The number of nitrogens with zero attached hydrogens (tertiary/aromatic N) is 4. The molecule has 1 heterocycles. The van der Waals surface area contributed by atoms with E-state index in [1.54, 1.807) is 10.7 Å². The lowest BCUT2D eigenvalue weighted by molar-refractivity contribution is 0.744. The fourth-order valence-electron chi connectivity index (χ4n) is 2.43. The van der Waals surface area contributed by atoms with Gasteiger partial charge in [-0.05, 0) is 41.7 Å². The summed E-state index contributed by atoms with van der Waals surface area (Å²) in [5.41, 5.74) is 3.33. The van der Waals surface area contributed by atoms with Crippen LogP contribution >= 0.6 is 35.0 Å². The Morgan fingerprint density at radius 3 is 2.52 bits per heavy atom. The number of hydrogen-bond donors (Lipinski definition) is 0. The van der Waals surface area contributed by atoms with Crippen LogP contribution in [0.1, 0.15) is 42.3 Å².